The lowest BCUT2D eigenvalue weighted by molar-refractivity contribution is -0.144. The molecule has 5 atom stereocenters. The standard InChI is InChI=1S/C11H19NO4/c13-5-8(14)4-12-10-7-2-1-6(3-7)9(10)11(15)16/h6-10,12-14H,1-5H2,(H,15,16). The van der Waals surface area contributed by atoms with Crippen LogP contribution in [0.1, 0.15) is 19.3 Å². The molecule has 0 heterocycles. The average molecular weight is 229 g/mol. The van der Waals surface area contributed by atoms with Gasteiger partial charge in [-0.05, 0) is 31.1 Å². The average Bonchev–Trinajstić information content (AvgIpc) is 2.84. The van der Waals surface area contributed by atoms with E-state index >= 15 is 0 Å². The van der Waals surface area contributed by atoms with Crippen LogP contribution < -0.4 is 5.32 Å². The van der Waals surface area contributed by atoms with Crippen molar-refractivity contribution in [2.24, 2.45) is 17.8 Å². The van der Waals surface area contributed by atoms with Gasteiger partial charge in [0.25, 0.3) is 0 Å². The van der Waals surface area contributed by atoms with Gasteiger partial charge in [-0.25, -0.2) is 0 Å². The lowest BCUT2D eigenvalue weighted by Crippen LogP contribution is -2.47. The first kappa shape index (κ1) is 11.8. The van der Waals surface area contributed by atoms with Gasteiger partial charge < -0.3 is 20.6 Å². The van der Waals surface area contributed by atoms with Gasteiger partial charge in [0.1, 0.15) is 0 Å². The highest BCUT2D eigenvalue weighted by Crippen LogP contribution is 2.48. The first-order chi connectivity index (χ1) is 7.63. The number of carboxylic acids is 1. The summed E-state index contributed by atoms with van der Waals surface area (Å²) in [4.78, 5) is 11.2. The Hall–Kier alpha value is -0.650. The zero-order valence-corrected chi connectivity index (χ0v) is 9.17. The van der Waals surface area contributed by atoms with Crippen LogP contribution >= 0.6 is 0 Å². The van der Waals surface area contributed by atoms with Crippen molar-refractivity contribution in [2.75, 3.05) is 13.2 Å². The molecule has 0 aliphatic heterocycles. The molecule has 2 saturated carbocycles. The van der Waals surface area contributed by atoms with E-state index in [1.54, 1.807) is 0 Å². The zero-order chi connectivity index (χ0) is 11.7. The maximum absolute atomic E-state index is 11.2. The van der Waals surface area contributed by atoms with E-state index in [-0.39, 0.29) is 25.1 Å². The zero-order valence-electron chi connectivity index (χ0n) is 9.17. The molecule has 0 aromatic heterocycles. The van der Waals surface area contributed by atoms with Crippen LogP contribution in [0.15, 0.2) is 0 Å². The molecular formula is C11H19NO4. The van der Waals surface area contributed by atoms with Crippen LogP contribution in [0.3, 0.4) is 0 Å². The Balaban J connectivity index is 1.94. The fourth-order valence-electron chi connectivity index (χ4n) is 3.28. The predicted octanol–water partition coefficient (Wildman–Crippen LogP) is -0.572. The van der Waals surface area contributed by atoms with Crippen LogP contribution in [-0.2, 0) is 4.79 Å². The van der Waals surface area contributed by atoms with E-state index < -0.39 is 12.1 Å². The van der Waals surface area contributed by atoms with E-state index in [1.165, 1.54) is 0 Å². The molecule has 0 amide bonds. The molecule has 2 rings (SSSR count). The van der Waals surface area contributed by atoms with Crippen molar-refractivity contribution in [3.05, 3.63) is 0 Å². The van der Waals surface area contributed by atoms with Gasteiger partial charge >= 0.3 is 5.97 Å². The normalized spacial score (nSPS) is 38.9. The smallest absolute Gasteiger partial charge is 0.308 e. The number of aliphatic hydroxyl groups excluding tert-OH is 2. The molecule has 2 fully saturated rings. The van der Waals surface area contributed by atoms with Gasteiger partial charge in [-0.15, -0.1) is 0 Å². The van der Waals surface area contributed by atoms with Crippen LogP contribution in [0.4, 0.5) is 0 Å². The first-order valence-electron chi connectivity index (χ1n) is 5.88. The number of rotatable bonds is 5. The van der Waals surface area contributed by atoms with E-state index in [9.17, 15) is 15.0 Å². The number of carbonyl (C=O) groups is 1. The molecule has 16 heavy (non-hydrogen) atoms. The Bertz CT molecular complexity index is 271. The molecule has 92 valence electrons. The van der Waals surface area contributed by atoms with Gasteiger partial charge in [0, 0.05) is 12.6 Å². The van der Waals surface area contributed by atoms with Crippen LogP contribution in [0, 0.1) is 17.8 Å². The number of nitrogens with one attached hydrogen (secondary N) is 1. The van der Waals surface area contributed by atoms with E-state index in [0.717, 1.165) is 19.3 Å². The highest BCUT2D eigenvalue weighted by molar-refractivity contribution is 5.72. The molecule has 2 bridgehead atoms. The van der Waals surface area contributed by atoms with Crippen molar-refractivity contribution in [1.82, 2.24) is 5.32 Å². The molecule has 0 aromatic carbocycles. The van der Waals surface area contributed by atoms with Crippen molar-refractivity contribution in [1.29, 1.82) is 0 Å². The third kappa shape index (κ3) is 2.07. The SMILES string of the molecule is O=C(O)C1C2CCC(C2)C1NCC(O)CO. The van der Waals surface area contributed by atoms with E-state index in [2.05, 4.69) is 5.32 Å². The van der Waals surface area contributed by atoms with Crippen molar-refractivity contribution in [2.45, 2.75) is 31.4 Å². The largest absolute Gasteiger partial charge is 0.481 e. The van der Waals surface area contributed by atoms with Crippen LogP contribution in [0.2, 0.25) is 0 Å². The maximum atomic E-state index is 11.2. The second-order valence-electron chi connectivity index (χ2n) is 4.97. The fourth-order valence-corrected chi connectivity index (χ4v) is 3.28. The van der Waals surface area contributed by atoms with Crippen molar-refractivity contribution >= 4 is 5.97 Å². The molecule has 0 radical (unpaired) electrons. The third-order valence-electron chi connectivity index (χ3n) is 4.00. The Morgan fingerprint density at radius 2 is 2.06 bits per heavy atom. The second-order valence-corrected chi connectivity index (χ2v) is 4.97. The summed E-state index contributed by atoms with van der Waals surface area (Å²) in [6, 6.07) is -0.0301. The van der Waals surface area contributed by atoms with Crippen molar-refractivity contribution in [3.63, 3.8) is 0 Å². The molecule has 5 unspecified atom stereocenters. The molecule has 5 heteroatoms. The van der Waals surface area contributed by atoms with E-state index in [1.807, 2.05) is 0 Å². The highest BCUT2D eigenvalue weighted by Gasteiger charge is 2.50. The number of carboxylic acid groups (broad SMARTS) is 1. The lowest BCUT2D eigenvalue weighted by Gasteiger charge is -2.29. The van der Waals surface area contributed by atoms with Gasteiger partial charge in [-0.2, -0.15) is 0 Å². The Morgan fingerprint density at radius 3 is 2.69 bits per heavy atom. The van der Waals surface area contributed by atoms with Crippen LogP contribution in [-0.4, -0.2) is 46.6 Å². The molecule has 2 aliphatic carbocycles. The summed E-state index contributed by atoms with van der Waals surface area (Å²) >= 11 is 0. The highest BCUT2D eigenvalue weighted by atomic mass is 16.4. The minimum atomic E-state index is -0.798. The van der Waals surface area contributed by atoms with Gasteiger partial charge in [-0.1, -0.05) is 0 Å². The minimum absolute atomic E-state index is 0.0301. The molecular weight excluding hydrogens is 210 g/mol. The Morgan fingerprint density at radius 1 is 1.38 bits per heavy atom. The summed E-state index contributed by atoms with van der Waals surface area (Å²) in [5, 5.41) is 30.2. The number of hydrogen-bond donors (Lipinski definition) is 4. The van der Waals surface area contributed by atoms with Gasteiger partial charge in [0.2, 0.25) is 0 Å². The third-order valence-corrected chi connectivity index (χ3v) is 4.00. The van der Waals surface area contributed by atoms with Crippen LogP contribution in [0.5, 0.6) is 0 Å². The number of aliphatic hydroxyl groups is 2. The number of hydrogen-bond acceptors (Lipinski definition) is 4. The van der Waals surface area contributed by atoms with Gasteiger partial charge in [0.15, 0.2) is 0 Å². The molecule has 0 spiro atoms. The maximum Gasteiger partial charge on any atom is 0.308 e. The molecule has 4 N–H and O–H groups in total. The summed E-state index contributed by atoms with van der Waals surface area (Å²) in [5.41, 5.74) is 0. The van der Waals surface area contributed by atoms with Crippen LogP contribution in [0.25, 0.3) is 0 Å². The van der Waals surface area contributed by atoms with Crippen molar-refractivity contribution < 1.29 is 20.1 Å². The molecule has 5 nitrogen and oxygen atoms in total. The van der Waals surface area contributed by atoms with E-state index in [0.29, 0.717) is 11.8 Å². The Labute approximate surface area is 94.5 Å². The first-order valence-corrected chi connectivity index (χ1v) is 5.88. The number of aliphatic carboxylic acids is 1. The second kappa shape index (κ2) is 4.69. The monoisotopic (exact) mass is 229 g/mol. The quantitative estimate of drug-likeness (QED) is 0.507. The molecule has 0 aromatic rings. The minimum Gasteiger partial charge on any atom is -0.481 e. The predicted molar refractivity (Wildman–Crippen MR) is 56.8 cm³/mol. The molecule has 2 aliphatic rings. The number of fused-ring (bicyclic) bond motifs is 2. The lowest BCUT2D eigenvalue weighted by atomic mass is 9.84. The summed E-state index contributed by atoms with van der Waals surface area (Å²) in [7, 11) is 0. The topological polar surface area (TPSA) is 89.8 Å². The van der Waals surface area contributed by atoms with Gasteiger partial charge in [0.05, 0.1) is 18.6 Å². The summed E-state index contributed by atoms with van der Waals surface area (Å²) < 4.78 is 0. The van der Waals surface area contributed by atoms with Gasteiger partial charge in [-0.3, -0.25) is 4.79 Å². The summed E-state index contributed by atoms with van der Waals surface area (Å²) in [6.07, 6.45) is 2.29. The summed E-state index contributed by atoms with van der Waals surface area (Å²) in [6.45, 7) is -0.0142. The molecule has 0 saturated heterocycles. The summed E-state index contributed by atoms with van der Waals surface area (Å²) in [5.74, 6) is -0.323. The fraction of sp³-hybridized carbons (Fsp3) is 0.909. The Kier molecular flexibility index (Phi) is 3.47. The van der Waals surface area contributed by atoms with Crippen molar-refractivity contribution in [3.8, 4) is 0 Å². The van der Waals surface area contributed by atoms with E-state index in [4.69, 9.17) is 5.11 Å².